The van der Waals surface area contributed by atoms with E-state index in [1.165, 1.54) is 12.3 Å². The number of rotatable bonds is 5. The molecule has 1 unspecified atom stereocenters. The first-order valence-corrected chi connectivity index (χ1v) is 10.1. The van der Waals surface area contributed by atoms with E-state index in [0.29, 0.717) is 33.1 Å². The Bertz CT molecular complexity index is 1240. The molecule has 158 valence electrons. The Hall–Kier alpha value is -3.16. The fourth-order valence-corrected chi connectivity index (χ4v) is 3.48. The van der Waals surface area contributed by atoms with Crippen molar-refractivity contribution in [1.29, 1.82) is 0 Å². The highest BCUT2D eigenvalue weighted by atomic mass is 35.5. The number of aliphatic hydroxyl groups is 1. The molecule has 8 heteroatoms. The highest BCUT2D eigenvalue weighted by Gasteiger charge is 2.20. The van der Waals surface area contributed by atoms with Crippen molar-refractivity contribution in [2.45, 2.75) is 32.4 Å². The Balaban J connectivity index is 1.74. The van der Waals surface area contributed by atoms with E-state index in [1.807, 2.05) is 13.0 Å². The predicted molar refractivity (Wildman–Crippen MR) is 119 cm³/mol. The molecule has 0 radical (unpaired) electrons. The van der Waals surface area contributed by atoms with Crippen molar-refractivity contribution in [3.8, 4) is 11.1 Å². The summed E-state index contributed by atoms with van der Waals surface area (Å²) in [6.07, 6.45) is 6.47. The number of nitrogens with zero attached hydrogens (tertiary/aromatic N) is 4. The van der Waals surface area contributed by atoms with Gasteiger partial charge in [0.15, 0.2) is 11.5 Å². The molecule has 0 aliphatic carbocycles. The monoisotopic (exact) mass is 437 g/mol. The number of hydrogen-bond acceptors (Lipinski definition) is 6. The SMILES string of the molecule is CC(Nc1c(Cl)cnc2ncc(-c3cnc(C(C)(C)O)nc3)cc12)c1ccccc1F. The summed E-state index contributed by atoms with van der Waals surface area (Å²) in [5, 5.41) is 14.5. The Morgan fingerprint density at radius 2 is 1.65 bits per heavy atom. The van der Waals surface area contributed by atoms with Gasteiger partial charge >= 0.3 is 0 Å². The van der Waals surface area contributed by atoms with Crippen LogP contribution in [-0.4, -0.2) is 25.0 Å². The molecule has 3 heterocycles. The second-order valence-electron chi connectivity index (χ2n) is 7.82. The third-order valence-corrected chi connectivity index (χ3v) is 5.23. The summed E-state index contributed by atoms with van der Waals surface area (Å²) >= 11 is 6.44. The predicted octanol–water partition coefficient (Wildman–Crippen LogP) is 5.28. The van der Waals surface area contributed by atoms with Gasteiger partial charge in [-0.2, -0.15) is 0 Å². The van der Waals surface area contributed by atoms with Gasteiger partial charge in [0.2, 0.25) is 0 Å². The van der Waals surface area contributed by atoms with Gasteiger partial charge in [-0.3, -0.25) is 0 Å². The van der Waals surface area contributed by atoms with Gasteiger partial charge in [0.05, 0.1) is 22.9 Å². The summed E-state index contributed by atoms with van der Waals surface area (Å²) in [6.45, 7) is 5.12. The molecule has 0 fully saturated rings. The maximum Gasteiger partial charge on any atom is 0.161 e. The maximum atomic E-state index is 14.2. The summed E-state index contributed by atoms with van der Waals surface area (Å²) in [5.41, 5.74) is 2.02. The van der Waals surface area contributed by atoms with Crippen LogP contribution in [0.15, 0.2) is 55.1 Å². The van der Waals surface area contributed by atoms with Crippen LogP contribution >= 0.6 is 11.6 Å². The lowest BCUT2D eigenvalue weighted by Crippen LogP contribution is -2.19. The number of pyridine rings is 2. The van der Waals surface area contributed by atoms with Crippen molar-refractivity contribution in [1.82, 2.24) is 19.9 Å². The second-order valence-corrected chi connectivity index (χ2v) is 8.23. The van der Waals surface area contributed by atoms with E-state index in [1.54, 1.807) is 50.6 Å². The Morgan fingerprint density at radius 1 is 1.00 bits per heavy atom. The minimum Gasteiger partial charge on any atom is -0.382 e. The summed E-state index contributed by atoms with van der Waals surface area (Å²) < 4.78 is 14.2. The second kappa shape index (κ2) is 8.17. The van der Waals surface area contributed by atoms with Crippen LogP contribution in [0, 0.1) is 5.82 Å². The van der Waals surface area contributed by atoms with Crippen molar-refractivity contribution in [2.75, 3.05) is 5.32 Å². The molecule has 0 aliphatic rings. The van der Waals surface area contributed by atoms with Gasteiger partial charge in [-0.05, 0) is 32.9 Å². The van der Waals surface area contributed by atoms with Gasteiger partial charge in [-0.15, -0.1) is 0 Å². The summed E-state index contributed by atoms with van der Waals surface area (Å²) in [6, 6.07) is 8.16. The van der Waals surface area contributed by atoms with Crippen molar-refractivity contribution in [3.05, 3.63) is 77.3 Å². The number of benzene rings is 1. The van der Waals surface area contributed by atoms with E-state index in [4.69, 9.17) is 11.6 Å². The van der Waals surface area contributed by atoms with E-state index in [-0.39, 0.29) is 11.9 Å². The molecule has 0 aliphatic heterocycles. The van der Waals surface area contributed by atoms with E-state index in [9.17, 15) is 9.50 Å². The van der Waals surface area contributed by atoms with Crippen LogP contribution in [0.5, 0.6) is 0 Å². The zero-order valence-corrected chi connectivity index (χ0v) is 18.0. The molecule has 0 spiro atoms. The lowest BCUT2D eigenvalue weighted by molar-refractivity contribution is 0.0687. The summed E-state index contributed by atoms with van der Waals surface area (Å²) in [5.74, 6) is 0.0376. The standard InChI is InChI=1S/C23H21ClFN5O/c1-13(16-6-4-5-7-19(16)25)30-20-17-8-14(9-26-21(17)27-12-18(20)24)15-10-28-22(29-11-15)23(2,3)31/h4-13,31H,1-3H3,(H,26,27,30). The van der Waals surface area contributed by atoms with Crippen LogP contribution < -0.4 is 5.32 Å². The van der Waals surface area contributed by atoms with Crippen molar-refractivity contribution in [2.24, 2.45) is 0 Å². The Kier molecular flexibility index (Phi) is 5.56. The first-order chi connectivity index (χ1) is 14.7. The van der Waals surface area contributed by atoms with Gasteiger partial charge in [-0.1, -0.05) is 29.8 Å². The number of hydrogen-bond donors (Lipinski definition) is 2. The minimum atomic E-state index is -1.13. The van der Waals surface area contributed by atoms with Crippen molar-refractivity contribution in [3.63, 3.8) is 0 Å². The molecule has 2 N–H and O–H groups in total. The van der Waals surface area contributed by atoms with Crippen LogP contribution in [-0.2, 0) is 5.60 Å². The van der Waals surface area contributed by atoms with Crippen molar-refractivity contribution >= 4 is 28.3 Å². The Labute approximate surface area is 184 Å². The lowest BCUT2D eigenvalue weighted by atomic mass is 10.1. The molecule has 0 bridgehead atoms. The lowest BCUT2D eigenvalue weighted by Gasteiger charge is -2.19. The first kappa shape index (κ1) is 21.1. The van der Waals surface area contributed by atoms with Gasteiger partial charge in [0, 0.05) is 40.7 Å². The molecule has 3 aromatic heterocycles. The average molecular weight is 438 g/mol. The molecule has 1 atom stereocenters. The third-order valence-electron chi connectivity index (χ3n) is 4.94. The molecular formula is C23H21ClFN5O. The molecule has 0 amide bonds. The molecular weight excluding hydrogens is 417 g/mol. The zero-order chi connectivity index (χ0) is 22.2. The van der Waals surface area contributed by atoms with Crippen LogP contribution in [0.4, 0.5) is 10.1 Å². The highest BCUT2D eigenvalue weighted by molar-refractivity contribution is 6.34. The number of aromatic nitrogens is 4. The largest absolute Gasteiger partial charge is 0.382 e. The number of nitrogens with one attached hydrogen (secondary N) is 1. The van der Waals surface area contributed by atoms with Crippen LogP contribution in [0.2, 0.25) is 5.02 Å². The molecule has 4 aromatic rings. The molecule has 0 saturated heterocycles. The molecule has 4 rings (SSSR count). The van der Waals surface area contributed by atoms with E-state index >= 15 is 0 Å². The maximum absolute atomic E-state index is 14.2. The van der Waals surface area contributed by atoms with Gasteiger partial charge < -0.3 is 10.4 Å². The quantitative estimate of drug-likeness (QED) is 0.442. The van der Waals surface area contributed by atoms with Gasteiger partial charge in [-0.25, -0.2) is 24.3 Å². The number of fused-ring (bicyclic) bond motifs is 1. The number of halogens is 2. The van der Waals surface area contributed by atoms with Crippen LogP contribution in [0.3, 0.4) is 0 Å². The normalized spacial score (nSPS) is 12.7. The van der Waals surface area contributed by atoms with Crippen LogP contribution in [0.25, 0.3) is 22.2 Å². The zero-order valence-electron chi connectivity index (χ0n) is 17.3. The highest BCUT2D eigenvalue weighted by Crippen LogP contribution is 2.34. The molecule has 0 saturated carbocycles. The van der Waals surface area contributed by atoms with E-state index < -0.39 is 5.60 Å². The van der Waals surface area contributed by atoms with E-state index in [0.717, 1.165) is 11.1 Å². The van der Waals surface area contributed by atoms with E-state index in [2.05, 4.69) is 25.3 Å². The fraction of sp³-hybridized carbons (Fsp3) is 0.217. The molecule has 6 nitrogen and oxygen atoms in total. The average Bonchev–Trinajstić information content (AvgIpc) is 2.75. The van der Waals surface area contributed by atoms with Crippen molar-refractivity contribution < 1.29 is 9.50 Å². The first-order valence-electron chi connectivity index (χ1n) is 9.74. The minimum absolute atomic E-state index is 0.292. The fourth-order valence-electron chi connectivity index (χ4n) is 3.27. The molecule has 31 heavy (non-hydrogen) atoms. The van der Waals surface area contributed by atoms with Gasteiger partial charge in [0.1, 0.15) is 11.4 Å². The Morgan fingerprint density at radius 3 is 2.32 bits per heavy atom. The third kappa shape index (κ3) is 4.33. The summed E-state index contributed by atoms with van der Waals surface area (Å²) in [4.78, 5) is 17.3. The summed E-state index contributed by atoms with van der Waals surface area (Å²) in [7, 11) is 0. The topological polar surface area (TPSA) is 83.8 Å². The van der Waals surface area contributed by atoms with Gasteiger partial charge in [0.25, 0.3) is 0 Å². The molecule has 1 aromatic carbocycles. The smallest absolute Gasteiger partial charge is 0.161 e. The van der Waals surface area contributed by atoms with Crippen LogP contribution in [0.1, 0.15) is 38.2 Å². The number of anilines is 1.